The average molecular weight is 309 g/mol. The first-order valence-corrected chi connectivity index (χ1v) is 7.68. The van der Waals surface area contributed by atoms with Crippen LogP contribution < -0.4 is 0 Å². The molecular weight excluding hydrogens is 290 g/mol. The van der Waals surface area contributed by atoms with Crippen molar-refractivity contribution in [3.8, 4) is 11.8 Å². The van der Waals surface area contributed by atoms with Crippen molar-refractivity contribution in [3.63, 3.8) is 0 Å². The Labute approximate surface area is 135 Å². The van der Waals surface area contributed by atoms with Crippen molar-refractivity contribution in [1.29, 1.82) is 5.26 Å². The normalized spacial score (nSPS) is 14.6. The topological polar surface area (TPSA) is 58.3 Å². The van der Waals surface area contributed by atoms with Gasteiger partial charge < -0.3 is 14.2 Å². The minimum atomic E-state index is -0.118. The molecule has 1 aromatic carbocycles. The van der Waals surface area contributed by atoms with Gasteiger partial charge in [0, 0.05) is 25.0 Å². The molecule has 1 aliphatic rings. The Morgan fingerprint density at radius 1 is 1.17 bits per heavy atom. The lowest BCUT2D eigenvalue weighted by Crippen LogP contribution is -2.41. The van der Waals surface area contributed by atoms with E-state index in [1.807, 2.05) is 29.7 Å². The highest BCUT2D eigenvalue weighted by molar-refractivity contribution is 5.96. The molecule has 0 aliphatic carbocycles. The Hall–Kier alpha value is -2.58. The van der Waals surface area contributed by atoms with E-state index in [-0.39, 0.29) is 5.91 Å². The van der Waals surface area contributed by atoms with Crippen LogP contribution in [0.1, 0.15) is 27.2 Å². The van der Waals surface area contributed by atoms with Gasteiger partial charge in [-0.25, -0.2) is 0 Å². The molecule has 0 atom stereocenters. The summed E-state index contributed by atoms with van der Waals surface area (Å²) in [5, 5.41) is 9.37. The highest BCUT2D eigenvalue weighted by atomic mass is 16.5. The lowest BCUT2D eigenvalue weighted by Gasteiger charge is -2.27. The standard InChI is InChI=1S/C18H19N3O2/c1-13-3-4-16(11-14(13)2)21-6-5-15(12-19)17(21)18(22)20-7-9-23-10-8-20/h3-6,11H,7-10H2,1-2H3. The van der Waals surface area contributed by atoms with Crippen molar-refractivity contribution >= 4 is 5.91 Å². The number of carbonyl (C=O) groups excluding carboxylic acids is 1. The van der Waals surface area contributed by atoms with Gasteiger partial charge in [-0.1, -0.05) is 6.07 Å². The highest BCUT2D eigenvalue weighted by Gasteiger charge is 2.25. The number of amides is 1. The Balaban J connectivity index is 2.05. The predicted molar refractivity (Wildman–Crippen MR) is 86.7 cm³/mol. The summed E-state index contributed by atoms with van der Waals surface area (Å²) in [4.78, 5) is 14.6. The van der Waals surface area contributed by atoms with Gasteiger partial charge in [-0.05, 0) is 43.2 Å². The highest BCUT2D eigenvalue weighted by Crippen LogP contribution is 2.21. The summed E-state index contributed by atoms with van der Waals surface area (Å²) in [6, 6.07) is 9.86. The molecule has 0 bridgehead atoms. The van der Waals surface area contributed by atoms with Crippen molar-refractivity contribution in [2.24, 2.45) is 0 Å². The van der Waals surface area contributed by atoms with E-state index in [2.05, 4.69) is 13.0 Å². The average Bonchev–Trinajstić information content (AvgIpc) is 3.01. The summed E-state index contributed by atoms with van der Waals surface area (Å²) >= 11 is 0. The molecule has 0 saturated carbocycles. The van der Waals surface area contributed by atoms with E-state index in [4.69, 9.17) is 4.74 Å². The second-order valence-corrected chi connectivity index (χ2v) is 5.73. The maximum Gasteiger partial charge on any atom is 0.272 e. The van der Waals surface area contributed by atoms with Crippen molar-refractivity contribution in [1.82, 2.24) is 9.47 Å². The third kappa shape index (κ3) is 2.86. The molecule has 0 unspecified atom stereocenters. The third-order valence-electron chi connectivity index (χ3n) is 4.28. The van der Waals surface area contributed by atoms with Gasteiger partial charge in [-0.2, -0.15) is 5.26 Å². The smallest absolute Gasteiger partial charge is 0.272 e. The number of hydrogen-bond acceptors (Lipinski definition) is 3. The SMILES string of the molecule is Cc1ccc(-n2ccc(C#N)c2C(=O)N2CCOCC2)cc1C. The van der Waals surface area contributed by atoms with Crippen LogP contribution in [0.15, 0.2) is 30.5 Å². The first-order valence-electron chi connectivity index (χ1n) is 7.68. The number of rotatable bonds is 2. The molecule has 2 aromatic rings. The summed E-state index contributed by atoms with van der Waals surface area (Å²) < 4.78 is 7.11. The zero-order chi connectivity index (χ0) is 16.4. The molecular formula is C18H19N3O2. The summed E-state index contributed by atoms with van der Waals surface area (Å²) in [6.45, 7) is 6.28. The van der Waals surface area contributed by atoms with Crippen molar-refractivity contribution in [3.05, 3.63) is 52.8 Å². The molecule has 3 rings (SSSR count). The number of nitrogens with zero attached hydrogens (tertiary/aromatic N) is 3. The monoisotopic (exact) mass is 309 g/mol. The van der Waals surface area contributed by atoms with Gasteiger partial charge >= 0.3 is 0 Å². The van der Waals surface area contributed by atoms with E-state index in [1.165, 1.54) is 5.56 Å². The zero-order valence-electron chi connectivity index (χ0n) is 13.4. The Kier molecular flexibility index (Phi) is 4.18. The molecule has 1 aliphatic heterocycles. The van der Waals surface area contributed by atoms with Crippen LogP contribution in [-0.4, -0.2) is 41.7 Å². The molecule has 1 amide bonds. The van der Waals surface area contributed by atoms with Gasteiger partial charge in [-0.3, -0.25) is 4.79 Å². The summed E-state index contributed by atoms with van der Waals surface area (Å²) in [5.41, 5.74) is 4.07. The Bertz CT molecular complexity index is 780. The summed E-state index contributed by atoms with van der Waals surface area (Å²) in [7, 11) is 0. The molecule has 0 N–H and O–H groups in total. The van der Waals surface area contributed by atoms with E-state index < -0.39 is 0 Å². The first kappa shape index (κ1) is 15.3. The van der Waals surface area contributed by atoms with Crippen LogP contribution >= 0.6 is 0 Å². The molecule has 1 aromatic heterocycles. The number of morpholine rings is 1. The molecule has 5 heteroatoms. The second kappa shape index (κ2) is 6.27. The number of hydrogen-bond donors (Lipinski definition) is 0. The maximum absolute atomic E-state index is 12.9. The molecule has 1 saturated heterocycles. The number of nitriles is 1. The van der Waals surface area contributed by atoms with Gasteiger partial charge in [0.15, 0.2) is 0 Å². The Morgan fingerprint density at radius 2 is 1.91 bits per heavy atom. The van der Waals surface area contributed by atoms with Gasteiger partial charge in [0.05, 0.1) is 18.8 Å². The Morgan fingerprint density at radius 3 is 2.57 bits per heavy atom. The lowest BCUT2D eigenvalue weighted by atomic mass is 10.1. The quantitative estimate of drug-likeness (QED) is 0.856. The molecule has 0 radical (unpaired) electrons. The van der Waals surface area contributed by atoms with Gasteiger partial charge in [-0.15, -0.1) is 0 Å². The van der Waals surface area contributed by atoms with Crippen LogP contribution in [0, 0.1) is 25.2 Å². The third-order valence-corrected chi connectivity index (χ3v) is 4.28. The van der Waals surface area contributed by atoms with Crippen LogP contribution in [0.4, 0.5) is 0 Å². The molecule has 23 heavy (non-hydrogen) atoms. The molecule has 118 valence electrons. The summed E-state index contributed by atoms with van der Waals surface area (Å²) in [5.74, 6) is -0.118. The van der Waals surface area contributed by atoms with Crippen LogP contribution in [0.5, 0.6) is 0 Å². The second-order valence-electron chi connectivity index (χ2n) is 5.73. The van der Waals surface area contributed by atoms with Crippen molar-refractivity contribution < 1.29 is 9.53 Å². The fourth-order valence-corrected chi connectivity index (χ4v) is 2.75. The fraction of sp³-hybridized carbons (Fsp3) is 0.333. The lowest BCUT2D eigenvalue weighted by molar-refractivity contribution is 0.0297. The van der Waals surface area contributed by atoms with Crippen molar-refractivity contribution in [2.45, 2.75) is 13.8 Å². The largest absolute Gasteiger partial charge is 0.378 e. The number of aromatic nitrogens is 1. The number of carbonyl (C=O) groups is 1. The van der Waals surface area contributed by atoms with Gasteiger partial charge in [0.25, 0.3) is 5.91 Å². The number of aryl methyl sites for hydroxylation is 2. The number of ether oxygens (including phenoxy) is 1. The molecule has 1 fully saturated rings. The fourth-order valence-electron chi connectivity index (χ4n) is 2.75. The molecule has 5 nitrogen and oxygen atoms in total. The van der Waals surface area contributed by atoms with Gasteiger partial charge in [0.2, 0.25) is 0 Å². The van der Waals surface area contributed by atoms with E-state index in [9.17, 15) is 10.1 Å². The minimum absolute atomic E-state index is 0.118. The first-order chi connectivity index (χ1) is 11.1. The molecule has 2 heterocycles. The van der Waals surface area contributed by atoms with E-state index in [0.29, 0.717) is 37.6 Å². The van der Waals surface area contributed by atoms with Crippen LogP contribution in [0.2, 0.25) is 0 Å². The van der Waals surface area contributed by atoms with Crippen LogP contribution in [0.3, 0.4) is 0 Å². The van der Waals surface area contributed by atoms with Gasteiger partial charge in [0.1, 0.15) is 11.8 Å². The van der Waals surface area contributed by atoms with Crippen LogP contribution in [-0.2, 0) is 4.74 Å². The zero-order valence-corrected chi connectivity index (χ0v) is 13.4. The summed E-state index contributed by atoms with van der Waals surface area (Å²) in [6.07, 6.45) is 1.79. The van der Waals surface area contributed by atoms with E-state index >= 15 is 0 Å². The maximum atomic E-state index is 12.9. The van der Waals surface area contributed by atoms with E-state index in [0.717, 1.165) is 11.3 Å². The number of benzene rings is 1. The van der Waals surface area contributed by atoms with Crippen molar-refractivity contribution in [2.75, 3.05) is 26.3 Å². The molecule has 0 spiro atoms. The van der Waals surface area contributed by atoms with E-state index in [1.54, 1.807) is 17.2 Å². The minimum Gasteiger partial charge on any atom is -0.378 e. The van der Waals surface area contributed by atoms with Crippen LogP contribution in [0.25, 0.3) is 5.69 Å². The predicted octanol–water partition coefficient (Wildman–Crippen LogP) is 2.44.